The molecule has 0 unspecified atom stereocenters. The third-order valence-electron chi connectivity index (χ3n) is 4.06. The Kier molecular flexibility index (Phi) is 6.69. The molecule has 0 bridgehead atoms. The molecule has 1 aliphatic rings. The number of phenols is 1. The minimum atomic E-state index is -1.04. The minimum absolute atomic E-state index is 0.0544. The summed E-state index contributed by atoms with van der Waals surface area (Å²) in [6.07, 6.45) is 1.82. The summed E-state index contributed by atoms with van der Waals surface area (Å²) in [6.45, 7) is 1.64. The molecule has 30 heavy (non-hydrogen) atoms. The van der Waals surface area contributed by atoms with Gasteiger partial charge in [0.15, 0.2) is 5.75 Å². The first-order valence-corrected chi connectivity index (χ1v) is 9.83. The Hall–Kier alpha value is -2.97. The Morgan fingerprint density at radius 3 is 2.40 bits per heavy atom. The summed E-state index contributed by atoms with van der Waals surface area (Å²) in [5.74, 6) is -2.30. The number of nitrogens with one attached hydrogen (secondary N) is 2. The maximum Gasteiger partial charge on any atom is 0.397 e. The van der Waals surface area contributed by atoms with Gasteiger partial charge in [0, 0.05) is 11.7 Å². The number of hydrogen-bond acceptors (Lipinski definition) is 6. The lowest BCUT2D eigenvalue weighted by molar-refractivity contribution is -0.152. The van der Waals surface area contributed by atoms with Crippen molar-refractivity contribution in [1.82, 2.24) is 5.32 Å². The van der Waals surface area contributed by atoms with Gasteiger partial charge in [-0.05, 0) is 50.1 Å². The molecule has 2 amide bonds. The third kappa shape index (κ3) is 5.34. The topological polar surface area (TPSA) is 114 Å². The monoisotopic (exact) mass is 452 g/mol. The second-order valence-corrected chi connectivity index (χ2v) is 7.29. The molecule has 2 aromatic rings. The fraction of sp³-hybridized carbons (Fsp3) is 0.250. The molecular formula is C20H18Cl2N2O6. The zero-order valence-electron chi connectivity index (χ0n) is 15.8. The zero-order valence-corrected chi connectivity index (χ0v) is 17.3. The number of halogens is 2. The van der Waals surface area contributed by atoms with Gasteiger partial charge in [-0.25, -0.2) is 4.79 Å². The Labute approximate surface area is 182 Å². The zero-order chi connectivity index (χ0) is 21.8. The van der Waals surface area contributed by atoms with Gasteiger partial charge >= 0.3 is 11.9 Å². The number of anilines is 1. The smallest absolute Gasteiger partial charge is 0.397 e. The Bertz CT molecular complexity index is 984. The summed E-state index contributed by atoms with van der Waals surface area (Å²) in [4.78, 5) is 35.4. The molecule has 158 valence electrons. The maximum atomic E-state index is 12.2. The molecule has 1 fully saturated rings. The normalized spacial score (nSPS) is 12.8. The summed E-state index contributed by atoms with van der Waals surface area (Å²) in [7, 11) is 0. The third-order valence-corrected chi connectivity index (χ3v) is 4.62. The van der Waals surface area contributed by atoms with Crippen molar-refractivity contribution in [2.75, 3.05) is 11.9 Å². The van der Waals surface area contributed by atoms with E-state index in [2.05, 4.69) is 15.4 Å². The van der Waals surface area contributed by atoms with E-state index >= 15 is 0 Å². The van der Waals surface area contributed by atoms with E-state index in [0.29, 0.717) is 0 Å². The number of hydrogen-bond donors (Lipinski definition) is 3. The van der Waals surface area contributed by atoms with E-state index < -0.39 is 17.8 Å². The molecule has 0 aromatic heterocycles. The average Bonchev–Trinajstić information content (AvgIpc) is 3.50. The van der Waals surface area contributed by atoms with E-state index in [1.807, 2.05) is 0 Å². The number of amides is 2. The number of carbonyl (C=O) groups excluding carboxylic acids is 3. The molecule has 0 heterocycles. The SMILES string of the molecule is CCOC(=O)C(=O)Nc1cc(Cl)c(Oc2ccc(O)c(C(=O)NC3CC3)c2)c(Cl)c1. The molecule has 0 aliphatic heterocycles. The maximum absolute atomic E-state index is 12.2. The van der Waals surface area contributed by atoms with Gasteiger partial charge in [0.1, 0.15) is 11.5 Å². The van der Waals surface area contributed by atoms with Crippen molar-refractivity contribution < 1.29 is 29.0 Å². The highest BCUT2D eigenvalue weighted by Crippen LogP contribution is 2.39. The highest BCUT2D eigenvalue weighted by atomic mass is 35.5. The summed E-state index contributed by atoms with van der Waals surface area (Å²) >= 11 is 12.4. The molecule has 0 radical (unpaired) electrons. The predicted octanol–water partition coefficient (Wildman–Crippen LogP) is 3.89. The van der Waals surface area contributed by atoms with Crippen molar-refractivity contribution in [1.29, 1.82) is 0 Å². The predicted molar refractivity (Wildman–Crippen MR) is 110 cm³/mol. The molecule has 0 atom stereocenters. The van der Waals surface area contributed by atoms with Crippen LogP contribution in [-0.2, 0) is 14.3 Å². The molecule has 1 saturated carbocycles. The van der Waals surface area contributed by atoms with E-state index in [1.54, 1.807) is 6.92 Å². The molecule has 1 aliphatic carbocycles. The average molecular weight is 453 g/mol. The van der Waals surface area contributed by atoms with Crippen LogP contribution in [0.2, 0.25) is 10.0 Å². The van der Waals surface area contributed by atoms with Gasteiger partial charge in [0.2, 0.25) is 0 Å². The quantitative estimate of drug-likeness (QED) is 0.452. The van der Waals surface area contributed by atoms with Crippen molar-refractivity contribution in [3.63, 3.8) is 0 Å². The van der Waals surface area contributed by atoms with E-state index in [0.717, 1.165) is 12.8 Å². The summed E-state index contributed by atoms with van der Waals surface area (Å²) in [5, 5.41) is 15.2. The van der Waals surface area contributed by atoms with Gasteiger partial charge in [-0.15, -0.1) is 0 Å². The van der Waals surface area contributed by atoms with Gasteiger partial charge in [0.05, 0.1) is 22.2 Å². The number of carbonyl (C=O) groups is 3. The van der Waals surface area contributed by atoms with Crippen molar-refractivity contribution in [2.24, 2.45) is 0 Å². The number of rotatable bonds is 6. The fourth-order valence-corrected chi connectivity index (χ4v) is 3.04. The van der Waals surface area contributed by atoms with Gasteiger partial charge < -0.3 is 25.2 Å². The Morgan fingerprint density at radius 2 is 1.80 bits per heavy atom. The van der Waals surface area contributed by atoms with Crippen LogP contribution in [0.3, 0.4) is 0 Å². The van der Waals surface area contributed by atoms with E-state index in [4.69, 9.17) is 27.9 Å². The van der Waals surface area contributed by atoms with Crippen molar-refractivity contribution in [3.05, 3.63) is 45.9 Å². The van der Waals surface area contributed by atoms with Crippen LogP contribution in [0.15, 0.2) is 30.3 Å². The van der Waals surface area contributed by atoms with Gasteiger partial charge in [-0.3, -0.25) is 9.59 Å². The van der Waals surface area contributed by atoms with Gasteiger partial charge in [-0.1, -0.05) is 23.2 Å². The molecule has 0 spiro atoms. The van der Waals surface area contributed by atoms with Crippen molar-refractivity contribution in [3.8, 4) is 17.2 Å². The molecule has 10 heteroatoms. The lowest BCUT2D eigenvalue weighted by Crippen LogP contribution is -2.25. The van der Waals surface area contributed by atoms with Gasteiger partial charge in [0.25, 0.3) is 5.91 Å². The van der Waals surface area contributed by atoms with Crippen LogP contribution in [0.1, 0.15) is 30.1 Å². The van der Waals surface area contributed by atoms with Crippen LogP contribution in [0, 0.1) is 0 Å². The fourth-order valence-electron chi connectivity index (χ4n) is 2.48. The first-order chi connectivity index (χ1) is 14.3. The van der Waals surface area contributed by atoms with Crippen LogP contribution in [0.4, 0.5) is 5.69 Å². The van der Waals surface area contributed by atoms with Crippen molar-refractivity contribution >= 4 is 46.7 Å². The molecular weight excluding hydrogens is 435 g/mol. The van der Waals surface area contributed by atoms with E-state index in [9.17, 15) is 19.5 Å². The van der Waals surface area contributed by atoms with Crippen LogP contribution in [0.25, 0.3) is 0 Å². The van der Waals surface area contributed by atoms with Crippen LogP contribution in [0.5, 0.6) is 17.2 Å². The lowest BCUT2D eigenvalue weighted by atomic mass is 10.1. The number of aromatic hydroxyl groups is 1. The molecule has 3 rings (SSSR count). The Morgan fingerprint density at radius 1 is 1.13 bits per heavy atom. The summed E-state index contributed by atoms with van der Waals surface area (Å²) < 4.78 is 10.3. The number of benzene rings is 2. The minimum Gasteiger partial charge on any atom is -0.507 e. The van der Waals surface area contributed by atoms with Crippen LogP contribution < -0.4 is 15.4 Å². The number of ether oxygens (including phenoxy) is 2. The second kappa shape index (κ2) is 9.23. The van der Waals surface area contributed by atoms with E-state index in [1.165, 1.54) is 30.3 Å². The van der Waals surface area contributed by atoms with Gasteiger partial charge in [-0.2, -0.15) is 0 Å². The Balaban J connectivity index is 1.77. The molecule has 8 nitrogen and oxygen atoms in total. The number of phenolic OH excluding ortho intramolecular Hbond substituents is 1. The standard InChI is InChI=1S/C20H18Cl2N2O6/c1-2-29-20(28)19(27)24-11-7-14(21)17(15(22)8-11)30-12-5-6-16(25)13(9-12)18(26)23-10-3-4-10/h5-10,25H,2-4H2,1H3,(H,23,26)(H,24,27). The molecule has 3 N–H and O–H groups in total. The van der Waals surface area contributed by atoms with Crippen molar-refractivity contribution in [2.45, 2.75) is 25.8 Å². The largest absolute Gasteiger partial charge is 0.507 e. The summed E-state index contributed by atoms with van der Waals surface area (Å²) in [6, 6.07) is 6.97. The molecule has 2 aromatic carbocycles. The number of esters is 1. The van der Waals surface area contributed by atoms with Crippen LogP contribution >= 0.6 is 23.2 Å². The van der Waals surface area contributed by atoms with Crippen LogP contribution in [-0.4, -0.2) is 35.5 Å². The highest BCUT2D eigenvalue weighted by molar-refractivity contribution is 6.39. The molecule has 0 saturated heterocycles. The second-order valence-electron chi connectivity index (χ2n) is 6.47. The first-order valence-electron chi connectivity index (χ1n) is 9.07. The first kappa shape index (κ1) is 21.7. The van der Waals surface area contributed by atoms with E-state index in [-0.39, 0.29) is 51.2 Å². The summed E-state index contributed by atoms with van der Waals surface area (Å²) in [5.41, 5.74) is 0.232. The lowest BCUT2D eigenvalue weighted by Gasteiger charge is -2.13. The highest BCUT2D eigenvalue weighted by Gasteiger charge is 2.25.